The van der Waals surface area contributed by atoms with Crippen molar-refractivity contribution in [1.82, 2.24) is 14.9 Å². The van der Waals surface area contributed by atoms with Crippen LogP contribution in [0.25, 0.3) is 0 Å². The Kier molecular flexibility index (Phi) is 5.04. The van der Waals surface area contributed by atoms with E-state index in [1.54, 1.807) is 18.0 Å². The van der Waals surface area contributed by atoms with Crippen molar-refractivity contribution in [1.29, 1.82) is 0 Å². The van der Waals surface area contributed by atoms with Crippen LogP contribution < -0.4 is 4.87 Å². The summed E-state index contributed by atoms with van der Waals surface area (Å²) in [4.78, 5) is 60.8. The fourth-order valence-corrected chi connectivity index (χ4v) is 9.93. The van der Waals surface area contributed by atoms with E-state index in [4.69, 9.17) is 0 Å². The number of imide groups is 1. The van der Waals surface area contributed by atoms with Crippen molar-refractivity contribution in [2.45, 2.75) is 48.9 Å². The number of nitrogens with zero attached hydrogens (tertiary/aromatic N) is 2. The van der Waals surface area contributed by atoms with Gasteiger partial charge in [-0.15, -0.1) is 11.8 Å². The highest BCUT2D eigenvalue weighted by Gasteiger charge is 2.70. The van der Waals surface area contributed by atoms with Gasteiger partial charge in [-0.2, -0.15) is 0 Å². The van der Waals surface area contributed by atoms with Crippen LogP contribution in [-0.2, 0) is 14.4 Å². The van der Waals surface area contributed by atoms with Crippen molar-refractivity contribution in [3.63, 3.8) is 0 Å². The number of pyridine rings is 1. The molecule has 2 aromatic heterocycles. The van der Waals surface area contributed by atoms with Crippen molar-refractivity contribution < 1.29 is 19.5 Å². The summed E-state index contributed by atoms with van der Waals surface area (Å²) in [6, 6.07) is 2.78. The molecule has 0 radical (unpaired) electrons. The van der Waals surface area contributed by atoms with Crippen LogP contribution in [0.1, 0.15) is 43.0 Å². The highest BCUT2D eigenvalue weighted by atomic mass is 32.2. The fourth-order valence-electron chi connectivity index (χ4n) is 7.04. The lowest BCUT2D eigenvalue weighted by molar-refractivity contribution is -0.156. The van der Waals surface area contributed by atoms with Crippen LogP contribution >= 0.6 is 23.1 Å². The minimum Gasteiger partial charge on any atom is -0.480 e. The first-order chi connectivity index (χ1) is 16.3. The number of hydrogen-bond donors (Lipinski definition) is 2. The Labute approximate surface area is 204 Å². The maximum Gasteiger partial charge on any atom is 0.326 e. The molecule has 2 aliphatic carbocycles. The number of amides is 2. The molecule has 2 amide bonds. The topological polar surface area (TPSA) is 120 Å². The Morgan fingerprint density at radius 2 is 1.97 bits per heavy atom. The van der Waals surface area contributed by atoms with Gasteiger partial charge in [-0.3, -0.25) is 24.3 Å². The summed E-state index contributed by atoms with van der Waals surface area (Å²) in [5.74, 6) is -2.71. The Morgan fingerprint density at radius 3 is 2.62 bits per heavy atom. The third-order valence-corrected chi connectivity index (χ3v) is 10.7. The molecular formula is C24H25N3O5S2. The summed E-state index contributed by atoms with van der Waals surface area (Å²) in [6.07, 6.45) is 4.57. The van der Waals surface area contributed by atoms with Crippen molar-refractivity contribution in [3.05, 3.63) is 44.6 Å². The predicted molar refractivity (Wildman–Crippen MR) is 125 cm³/mol. The van der Waals surface area contributed by atoms with Crippen LogP contribution in [0.3, 0.4) is 0 Å². The number of carboxylic acid groups (broad SMARTS) is 1. The number of hydrogen-bond acceptors (Lipinski definition) is 7. The molecule has 34 heavy (non-hydrogen) atoms. The second kappa shape index (κ2) is 7.78. The summed E-state index contributed by atoms with van der Waals surface area (Å²) in [5.41, 5.74) is 1.01. The van der Waals surface area contributed by atoms with Crippen LogP contribution in [0.15, 0.2) is 34.3 Å². The van der Waals surface area contributed by atoms with E-state index in [1.165, 1.54) is 11.3 Å². The lowest BCUT2D eigenvalue weighted by atomic mass is 9.68. The van der Waals surface area contributed by atoms with Crippen LogP contribution in [-0.4, -0.2) is 49.0 Å². The smallest absolute Gasteiger partial charge is 0.326 e. The van der Waals surface area contributed by atoms with E-state index < -0.39 is 23.8 Å². The van der Waals surface area contributed by atoms with Gasteiger partial charge in [0.15, 0.2) is 0 Å². The largest absolute Gasteiger partial charge is 0.480 e. The molecule has 6 rings (SSSR count). The molecule has 2 bridgehead atoms. The molecule has 2 aromatic rings. The summed E-state index contributed by atoms with van der Waals surface area (Å²) >= 11 is 2.84. The predicted octanol–water partition coefficient (Wildman–Crippen LogP) is 2.80. The number of aromatic nitrogens is 2. The number of thioether (sulfide) groups is 1. The van der Waals surface area contributed by atoms with Crippen LogP contribution in [0.4, 0.5) is 0 Å². The average molecular weight is 500 g/mol. The van der Waals surface area contributed by atoms with E-state index in [1.807, 2.05) is 32.2 Å². The number of carbonyl (C=O) groups is 3. The Hall–Kier alpha value is -2.46. The molecule has 4 heterocycles. The number of H-pyrrole nitrogens is 1. The molecule has 8 nitrogen and oxygen atoms in total. The molecule has 0 spiro atoms. The second-order valence-corrected chi connectivity index (χ2v) is 12.5. The summed E-state index contributed by atoms with van der Waals surface area (Å²) in [5, 5.41) is 10.8. The molecular weight excluding hydrogens is 474 g/mol. The van der Waals surface area contributed by atoms with Crippen molar-refractivity contribution in [3.8, 4) is 0 Å². The van der Waals surface area contributed by atoms with Crippen LogP contribution in [0.2, 0.25) is 0 Å². The molecule has 4 aliphatic rings. The quantitative estimate of drug-likeness (QED) is 0.607. The molecule has 2 saturated carbocycles. The van der Waals surface area contributed by atoms with Gasteiger partial charge in [0, 0.05) is 28.4 Å². The number of fused-ring (bicyclic) bond motifs is 9. The number of thiazole rings is 1. The Morgan fingerprint density at radius 1 is 1.24 bits per heavy atom. The molecule has 10 heteroatoms. The summed E-state index contributed by atoms with van der Waals surface area (Å²) < 4.78 is 0. The van der Waals surface area contributed by atoms with Crippen molar-refractivity contribution in [2.24, 2.45) is 35.5 Å². The average Bonchev–Trinajstić information content (AvgIpc) is 3.51. The fraction of sp³-hybridized carbons (Fsp3) is 0.542. The number of carboxylic acids is 1. The second-order valence-electron chi connectivity index (χ2n) is 10.3. The molecule has 0 aromatic carbocycles. The molecule has 178 valence electrons. The highest BCUT2D eigenvalue weighted by Crippen LogP contribution is 2.68. The number of likely N-dealkylation sites (tertiary alicyclic amines) is 1. The Bertz CT molecular complexity index is 1240. The van der Waals surface area contributed by atoms with Gasteiger partial charge in [-0.05, 0) is 48.1 Å². The molecule has 8 atom stereocenters. The minimum absolute atomic E-state index is 0.0179. The zero-order valence-corrected chi connectivity index (χ0v) is 20.3. The summed E-state index contributed by atoms with van der Waals surface area (Å²) in [7, 11) is 0. The van der Waals surface area contributed by atoms with Gasteiger partial charge in [-0.1, -0.05) is 31.3 Å². The number of rotatable bonds is 5. The SMILES string of the molecule is CC(C)C[C@@H](C(=O)O)N1C(=O)[C@@H]2[C@@H]3C[C@@H]([C@H]4Sc5[nH]c(=O)sc5[C@H](c5cccnc5)[C@H]34)[C@@H]2C1=O. The lowest BCUT2D eigenvalue weighted by Crippen LogP contribution is -2.47. The van der Waals surface area contributed by atoms with Gasteiger partial charge in [0.25, 0.3) is 0 Å². The van der Waals surface area contributed by atoms with E-state index in [9.17, 15) is 24.3 Å². The first-order valence-corrected chi connectivity index (χ1v) is 13.4. The maximum atomic E-state index is 13.7. The van der Waals surface area contributed by atoms with Crippen LogP contribution in [0, 0.1) is 35.5 Å². The minimum atomic E-state index is -1.12. The van der Waals surface area contributed by atoms with Gasteiger partial charge < -0.3 is 10.1 Å². The van der Waals surface area contributed by atoms with Gasteiger partial charge in [0.2, 0.25) is 11.8 Å². The van der Waals surface area contributed by atoms with Gasteiger partial charge in [0.1, 0.15) is 6.04 Å². The van der Waals surface area contributed by atoms with Gasteiger partial charge in [0.05, 0.1) is 16.9 Å². The number of nitrogens with one attached hydrogen (secondary N) is 1. The van der Waals surface area contributed by atoms with E-state index in [0.29, 0.717) is 0 Å². The third-order valence-electron chi connectivity index (χ3n) is 8.09. The zero-order chi connectivity index (χ0) is 23.9. The van der Waals surface area contributed by atoms with E-state index in [-0.39, 0.29) is 57.9 Å². The number of aromatic amines is 1. The molecule has 1 saturated heterocycles. The molecule has 2 aliphatic heterocycles. The van der Waals surface area contributed by atoms with Gasteiger partial charge >= 0.3 is 10.8 Å². The maximum absolute atomic E-state index is 13.7. The van der Waals surface area contributed by atoms with E-state index in [0.717, 1.165) is 26.8 Å². The molecule has 2 N–H and O–H groups in total. The monoisotopic (exact) mass is 499 g/mol. The third kappa shape index (κ3) is 3.00. The lowest BCUT2D eigenvalue weighted by Gasteiger charge is -2.42. The number of carbonyl (C=O) groups excluding carboxylic acids is 2. The van der Waals surface area contributed by atoms with E-state index >= 15 is 0 Å². The van der Waals surface area contributed by atoms with E-state index in [2.05, 4.69) is 9.97 Å². The first-order valence-electron chi connectivity index (χ1n) is 11.7. The first kappa shape index (κ1) is 22.0. The molecule has 0 unspecified atom stereocenters. The normalized spacial score (nSPS) is 34.3. The van der Waals surface area contributed by atoms with Gasteiger partial charge in [-0.25, -0.2) is 4.79 Å². The Balaban J connectivity index is 1.42. The highest BCUT2D eigenvalue weighted by molar-refractivity contribution is 8.00. The van der Waals surface area contributed by atoms with Crippen molar-refractivity contribution in [2.75, 3.05) is 0 Å². The summed E-state index contributed by atoms with van der Waals surface area (Å²) in [6.45, 7) is 3.79. The van der Waals surface area contributed by atoms with Crippen LogP contribution in [0.5, 0.6) is 0 Å². The standard InChI is InChI=1S/C24H25N3O5S2/c1-9(2)6-13(23(30)31)27-21(28)16-11-7-12(17(16)22(27)29)18-15(11)14(10-4-3-5-25-8-10)19-20(33-18)26-24(32)34-19/h3-5,8-9,11-18H,6-7H2,1-2H3,(H,26,32)(H,30,31)/t11-,12-,13+,14-,15+,16-,17+,18-/m1/s1. The zero-order valence-electron chi connectivity index (χ0n) is 18.7. The molecule has 3 fully saturated rings. The van der Waals surface area contributed by atoms with Crippen molar-refractivity contribution >= 4 is 40.9 Å². The number of aliphatic carboxylic acids is 1.